The maximum Gasteiger partial charge on any atom is 0.418 e. The zero-order valence-corrected chi connectivity index (χ0v) is 25.3. The molecule has 0 spiro atoms. The summed E-state index contributed by atoms with van der Waals surface area (Å²) in [6.45, 7) is 9.66. The number of ether oxygens (including phenoxy) is 2. The lowest BCUT2D eigenvalue weighted by Gasteiger charge is -2.28. The molecule has 0 aromatic heterocycles. The van der Waals surface area contributed by atoms with Gasteiger partial charge >= 0.3 is 6.09 Å². The summed E-state index contributed by atoms with van der Waals surface area (Å²) in [5.74, 6) is -1.49. The van der Waals surface area contributed by atoms with Crippen molar-refractivity contribution in [3.05, 3.63) is 24.3 Å². The van der Waals surface area contributed by atoms with Gasteiger partial charge in [-0.1, -0.05) is 111 Å². The van der Waals surface area contributed by atoms with Crippen LogP contribution in [0.25, 0.3) is 0 Å². The van der Waals surface area contributed by atoms with Crippen LogP contribution >= 0.6 is 0 Å². The van der Waals surface area contributed by atoms with Gasteiger partial charge in [0.05, 0.1) is 12.3 Å². The lowest BCUT2D eigenvalue weighted by atomic mass is 9.85. The highest BCUT2D eigenvalue weighted by Crippen LogP contribution is 2.29. The first-order chi connectivity index (χ1) is 19.1. The lowest BCUT2D eigenvalue weighted by Crippen LogP contribution is -2.55. The molecule has 2 rings (SSSR count). The molecular formula is C32H50N2O6. The molecule has 1 aromatic carbocycles. The number of Topliss-reactive ketones (excluding diaryl/α,β-unsaturated/α-hetero) is 1. The van der Waals surface area contributed by atoms with E-state index in [0.29, 0.717) is 35.8 Å². The van der Waals surface area contributed by atoms with Crippen LogP contribution in [-0.2, 0) is 19.1 Å². The summed E-state index contributed by atoms with van der Waals surface area (Å²) in [4.78, 5) is 53.4. The molecule has 1 fully saturated rings. The van der Waals surface area contributed by atoms with Crippen molar-refractivity contribution < 1.29 is 28.7 Å². The predicted octanol–water partition coefficient (Wildman–Crippen LogP) is 7.45. The van der Waals surface area contributed by atoms with Crippen LogP contribution in [0.15, 0.2) is 24.3 Å². The van der Waals surface area contributed by atoms with E-state index < -0.39 is 41.3 Å². The van der Waals surface area contributed by atoms with Crippen LogP contribution < -0.4 is 10.1 Å². The van der Waals surface area contributed by atoms with Crippen molar-refractivity contribution in [1.29, 1.82) is 0 Å². The molecule has 8 nitrogen and oxygen atoms in total. The van der Waals surface area contributed by atoms with Crippen molar-refractivity contribution in [2.24, 2.45) is 5.41 Å². The van der Waals surface area contributed by atoms with E-state index in [2.05, 4.69) is 12.2 Å². The van der Waals surface area contributed by atoms with E-state index >= 15 is 0 Å². The molecule has 0 saturated carbocycles. The largest absolute Gasteiger partial charge is 0.491 e. The fourth-order valence-electron chi connectivity index (χ4n) is 4.71. The summed E-state index contributed by atoms with van der Waals surface area (Å²) in [5, 5.41) is 2.74. The van der Waals surface area contributed by atoms with Gasteiger partial charge in [0, 0.05) is 5.41 Å². The molecule has 1 heterocycles. The Balaban J connectivity index is 1.99. The third-order valence-corrected chi connectivity index (χ3v) is 7.17. The lowest BCUT2D eigenvalue weighted by molar-refractivity contribution is -0.144. The molecule has 1 aliphatic heterocycles. The zero-order valence-electron chi connectivity index (χ0n) is 25.3. The zero-order chi connectivity index (χ0) is 29.5. The van der Waals surface area contributed by atoms with Crippen LogP contribution in [0, 0.1) is 5.41 Å². The predicted molar refractivity (Wildman–Crippen MR) is 157 cm³/mol. The van der Waals surface area contributed by atoms with Gasteiger partial charge in [-0.15, -0.1) is 0 Å². The van der Waals surface area contributed by atoms with Gasteiger partial charge in [0.2, 0.25) is 0 Å². The van der Waals surface area contributed by atoms with Gasteiger partial charge in [0.25, 0.3) is 11.8 Å². The van der Waals surface area contributed by atoms with Crippen molar-refractivity contribution in [1.82, 2.24) is 4.90 Å². The number of para-hydroxylation sites is 2. The summed E-state index contributed by atoms with van der Waals surface area (Å²) >= 11 is 0. The summed E-state index contributed by atoms with van der Waals surface area (Å²) < 4.78 is 11.2. The van der Waals surface area contributed by atoms with E-state index in [0.717, 1.165) is 19.3 Å². The summed E-state index contributed by atoms with van der Waals surface area (Å²) in [5.41, 5.74) is -0.593. The van der Waals surface area contributed by atoms with Gasteiger partial charge in [-0.25, -0.2) is 9.69 Å². The molecule has 8 heteroatoms. The molecule has 2 atom stereocenters. The average Bonchev–Trinajstić information content (AvgIpc) is 3.19. The number of cyclic esters (lactones) is 1. The van der Waals surface area contributed by atoms with Gasteiger partial charge in [-0.3, -0.25) is 14.4 Å². The number of ketones is 1. The number of carbonyl (C=O) groups is 4. The smallest absolute Gasteiger partial charge is 0.418 e. The number of rotatable bonds is 19. The molecule has 1 saturated heterocycles. The van der Waals surface area contributed by atoms with Gasteiger partial charge in [-0.05, 0) is 31.4 Å². The highest BCUT2D eigenvalue weighted by atomic mass is 16.6. The molecule has 1 aliphatic rings. The van der Waals surface area contributed by atoms with Gasteiger partial charge in [-0.2, -0.15) is 0 Å². The van der Waals surface area contributed by atoms with Crippen LogP contribution in [0.4, 0.5) is 10.5 Å². The Hall–Kier alpha value is -2.90. The second-order valence-corrected chi connectivity index (χ2v) is 11.8. The van der Waals surface area contributed by atoms with Crippen LogP contribution in [0.2, 0.25) is 0 Å². The van der Waals surface area contributed by atoms with E-state index in [-0.39, 0.29) is 0 Å². The second kappa shape index (κ2) is 17.0. The Morgan fingerprint density at radius 3 is 2.08 bits per heavy atom. The van der Waals surface area contributed by atoms with Crippen molar-refractivity contribution >= 4 is 29.4 Å². The molecule has 1 aromatic rings. The minimum atomic E-state index is -1.64. The number of amides is 3. The second-order valence-electron chi connectivity index (χ2n) is 11.8. The Morgan fingerprint density at radius 2 is 1.48 bits per heavy atom. The Labute approximate surface area is 240 Å². The Kier molecular flexibility index (Phi) is 14.2. The topological polar surface area (TPSA) is 102 Å². The summed E-state index contributed by atoms with van der Waals surface area (Å²) in [6, 6.07) is 5.35. The van der Waals surface area contributed by atoms with E-state index in [9.17, 15) is 19.2 Å². The fourth-order valence-corrected chi connectivity index (χ4v) is 4.71. The van der Waals surface area contributed by atoms with E-state index in [1.807, 2.05) is 6.92 Å². The van der Waals surface area contributed by atoms with Crippen LogP contribution in [0.5, 0.6) is 5.75 Å². The number of carbonyl (C=O) groups excluding carboxylic acids is 4. The third kappa shape index (κ3) is 10.3. The molecule has 1 N–H and O–H groups in total. The van der Waals surface area contributed by atoms with Gasteiger partial charge in [0.15, 0.2) is 17.9 Å². The standard InChI is InChI=1S/C32H50N2O6/c1-6-8-10-11-12-13-14-15-16-19-23-39-25-22-18-17-20-24(25)33-29(36)27(28(35)32(3,4)5)34-30(37)26(21-9-7-2)40-31(34)38/h17-18,20,22,26-27H,6-16,19,21,23H2,1-5H3,(H,33,36). The first-order valence-corrected chi connectivity index (χ1v) is 15.2. The molecule has 3 amide bonds. The molecule has 0 bridgehead atoms. The number of benzene rings is 1. The molecule has 224 valence electrons. The van der Waals surface area contributed by atoms with Crippen LogP contribution in [0.1, 0.15) is 118 Å². The molecule has 0 radical (unpaired) electrons. The van der Waals surface area contributed by atoms with E-state index in [1.54, 1.807) is 45.0 Å². The minimum absolute atomic E-state index is 0.352. The van der Waals surface area contributed by atoms with Gasteiger partial charge < -0.3 is 14.8 Å². The number of nitrogens with zero attached hydrogens (tertiary/aromatic N) is 1. The highest BCUT2D eigenvalue weighted by Gasteiger charge is 2.51. The molecule has 40 heavy (non-hydrogen) atoms. The van der Waals surface area contributed by atoms with E-state index in [4.69, 9.17) is 9.47 Å². The van der Waals surface area contributed by atoms with Crippen molar-refractivity contribution in [3.8, 4) is 5.75 Å². The molecule has 2 unspecified atom stereocenters. The molecule has 0 aliphatic carbocycles. The number of nitrogens with one attached hydrogen (secondary N) is 1. The maximum atomic E-state index is 13.5. The van der Waals surface area contributed by atoms with Crippen molar-refractivity contribution in [3.63, 3.8) is 0 Å². The average molecular weight is 559 g/mol. The number of hydrogen-bond acceptors (Lipinski definition) is 6. The third-order valence-electron chi connectivity index (χ3n) is 7.17. The van der Waals surface area contributed by atoms with Crippen molar-refractivity contribution in [2.75, 3.05) is 11.9 Å². The number of unbranched alkanes of at least 4 members (excludes halogenated alkanes) is 10. The number of imide groups is 1. The highest BCUT2D eigenvalue weighted by molar-refractivity contribution is 6.18. The first-order valence-electron chi connectivity index (χ1n) is 15.2. The van der Waals surface area contributed by atoms with Crippen LogP contribution in [0.3, 0.4) is 0 Å². The Morgan fingerprint density at radius 1 is 0.900 bits per heavy atom. The number of hydrogen-bond donors (Lipinski definition) is 1. The Bertz CT molecular complexity index is 970. The first kappa shape index (κ1) is 33.3. The monoisotopic (exact) mass is 558 g/mol. The summed E-state index contributed by atoms with van der Waals surface area (Å²) in [7, 11) is 0. The fraction of sp³-hybridized carbons (Fsp3) is 0.688. The van der Waals surface area contributed by atoms with Gasteiger partial charge in [0.1, 0.15) is 5.75 Å². The summed E-state index contributed by atoms with van der Waals surface area (Å²) in [6.07, 6.45) is 12.1. The number of anilines is 1. The quantitative estimate of drug-likeness (QED) is 0.140. The van der Waals surface area contributed by atoms with Crippen LogP contribution in [-0.4, -0.2) is 47.3 Å². The van der Waals surface area contributed by atoms with E-state index in [1.165, 1.54) is 51.4 Å². The minimum Gasteiger partial charge on any atom is -0.491 e. The SMILES string of the molecule is CCCCCCCCCCCCOc1ccccc1NC(=O)C(C(=O)C(C)(C)C)N1C(=O)OC(CCCC)C1=O. The van der Waals surface area contributed by atoms with Crippen molar-refractivity contribution in [2.45, 2.75) is 130 Å². The maximum absolute atomic E-state index is 13.5. The normalized spacial score (nSPS) is 16.1. The molecular weight excluding hydrogens is 508 g/mol.